The highest BCUT2D eigenvalue weighted by Crippen LogP contribution is 2.24. The highest BCUT2D eigenvalue weighted by atomic mass is 32.2. The van der Waals surface area contributed by atoms with Crippen LogP contribution in [0.3, 0.4) is 0 Å². The number of carboxylic acids is 2. The van der Waals surface area contributed by atoms with Crippen LogP contribution >= 0.6 is 11.8 Å². The van der Waals surface area contributed by atoms with Gasteiger partial charge in [-0.2, -0.15) is 0 Å². The summed E-state index contributed by atoms with van der Waals surface area (Å²) < 4.78 is 0. The number of hydrogen-bond donors (Lipinski definition) is 5. The Balaban J connectivity index is 2.02. The van der Waals surface area contributed by atoms with Crippen LogP contribution < -0.4 is 16.4 Å². The third-order valence-electron chi connectivity index (χ3n) is 4.20. The van der Waals surface area contributed by atoms with Gasteiger partial charge in [0.05, 0.1) is 0 Å². The molecule has 2 atom stereocenters. The second kappa shape index (κ2) is 11.2. The van der Waals surface area contributed by atoms with Crippen LogP contribution in [0.1, 0.15) is 12.8 Å². The van der Waals surface area contributed by atoms with Crippen molar-refractivity contribution < 1.29 is 29.4 Å². The SMILES string of the molecule is NC(CCC(=O)NC(CSc1ccc2ccccc2c1)C(=O)NCC(=O)O)C(=O)O. The van der Waals surface area contributed by atoms with E-state index in [9.17, 15) is 19.2 Å². The van der Waals surface area contributed by atoms with Gasteiger partial charge in [-0.1, -0.05) is 30.3 Å². The number of aliphatic carboxylic acids is 2. The quantitative estimate of drug-likeness (QED) is 0.326. The zero-order valence-corrected chi connectivity index (χ0v) is 16.9. The maximum Gasteiger partial charge on any atom is 0.322 e. The standard InChI is InChI=1S/C20H23N3O6S/c21-15(20(28)29)7-8-17(24)23-16(19(27)22-10-18(25)26)11-30-14-6-5-12-3-1-2-4-13(12)9-14/h1-6,9,15-16H,7-8,10-11,21H2,(H,22,27)(H,23,24)(H,25,26)(H,28,29). The van der Waals surface area contributed by atoms with Gasteiger partial charge in [-0.25, -0.2) is 0 Å². The molecule has 160 valence electrons. The average molecular weight is 433 g/mol. The number of carbonyl (C=O) groups is 4. The highest BCUT2D eigenvalue weighted by molar-refractivity contribution is 7.99. The molecule has 2 aromatic carbocycles. The summed E-state index contributed by atoms with van der Waals surface area (Å²) in [4.78, 5) is 46.8. The molecule has 0 aliphatic carbocycles. The smallest absolute Gasteiger partial charge is 0.322 e. The molecule has 2 unspecified atom stereocenters. The highest BCUT2D eigenvalue weighted by Gasteiger charge is 2.22. The topological polar surface area (TPSA) is 159 Å². The first-order chi connectivity index (χ1) is 14.3. The molecule has 0 radical (unpaired) electrons. The fourth-order valence-corrected chi connectivity index (χ4v) is 3.55. The van der Waals surface area contributed by atoms with Crippen LogP contribution in [-0.4, -0.2) is 58.3 Å². The van der Waals surface area contributed by atoms with Crippen molar-refractivity contribution in [1.82, 2.24) is 10.6 Å². The Morgan fingerprint density at radius 1 is 1.03 bits per heavy atom. The predicted octanol–water partition coefficient (Wildman–Crippen LogP) is 0.810. The number of carbonyl (C=O) groups excluding carboxylic acids is 2. The summed E-state index contributed by atoms with van der Waals surface area (Å²) in [6.07, 6.45) is -0.251. The summed E-state index contributed by atoms with van der Waals surface area (Å²) in [6, 6.07) is 11.4. The molecular formula is C20H23N3O6S. The van der Waals surface area contributed by atoms with Gasteiger partial charge in [0.25, 0.3) is 0 Å². The third kappa shape index (κ3) is 7.37. The number of carboxylic acid groups (broad SMARTS) is 2. The fraction of sp³-hybridized carbons (Fsp3) is 0.300. The maximum absolute atomic E-state index is 12.3. The molecule has 9 nitrogen and oxygen atoms in total. The Bertz CT molecular complexity index is 936. The van der Waals surface area contributed by atoms with Gasteiger partial charge in [0.2, 0.25) is 11.8 Å². The van der Waals surface area contributed by atoms with Crippen molar-refractivity contribution in [2.45, 2.75) is 29.8 Å². The lowest BCUT2D eigenvalue weighted by molar-refractivity contribution is -0.139. The molecule has 0 spiro atoms. The zero-order chi connectivity index (χ0) is 22.1. The van der Waals surface area contributed by atoms with Crippen LogP contribution in [0.4, 0.5) is 0 Å². The van der Waals surface area contributed by atoms with Gasteiger partial charge >= 0.3 is 11.9 Å². The third-order valence-corrected chi connectivity index (χ3v) is 5.29. The van der Waals surface area contributed by atoms with Gasteiger partial charge in [0, 0.05) is 17.1 Å². The lowest BCUT2D eigenvalue weighted by Gasteiger charge is -2.18. The Labute approximate surface area is 177 Å². The summed E-state index contributed by atoms with van der Waals surface area (Å²) in [7, 11) is 0. The molecule has 2 amide bonds. The summed E-state index contributed by atoms with van der Waals surface area (Å²) in [5, 5.41) is 24.4. The molecule has 0 fully saturated rings. The second-order valence-electron chi connectivity index (χ2n) is 6.54. The van der Waals surface area contributed by atoms with Gasteiger partial charge in [-0.3, -0.25) is 19.2 Å². The number of nitrogens with one attached hydrogen (secondary N) is 2. The Kier molecular flexibility index (Phi) is 8.63. The molecule has 10 heteroatoms. The number of amides is 2. The van der Waals surface area contributed by atoms with Crippen molar-refractivity contribution in [3.63, 3.8) is 0 Å². The van der Waals surface area contributed by atoms with Gasteiger partial charge in [-0.05, 0) is 29.3 Å². The van der Waals surface area contributed by atoms with Crippen molar-refractivity contribution in [1.29, 1.82) is 0 Å². The molecule has 0 heterocycles. The van der Waals surface area contributed by atoms with Crippen LogP contribution in [0.15, 0.2) is 47.4 Å². The molecule has 30 heavy (non-hydrogen) atoms. The van der Waals surface area contributed by atoms with E-state index in [1.807, 2.05) is 42.5 Å². The van der Waals surface area contributed by atoms with E-state index >= 15 is 0 Å². The number of benzene rings is 2. The van der Waals surface area contributed by atoms with E-state index in [0.717, 1.165) is 15.7 Å². The van der Waals surface area contributed by atoms with E-state index in [2.05, 4.69) is 10.6 Å². The van der Waals surface area contributed by atoms with E-state index in [1.165, 1.54) is 11.8 Å². The molecular weight excluding hydrogens is 410 g/mol. The van der Waals surface area contributed by atoms with Gasteiger partial charge in [0.1, 0.15) is 18.6 Å². The van der Waals surface area contributed by atoms with Crippen molar-refractivity contribution in [3.8, 4) is 0 Å². The minimum absolute atomic E-state index is 0.0809. The average Bonchev–Trinajstić information content (AvgIpc) is 2.72. The van der Waals surface area contributed by atoms with E-state index in [-0.39, 0.29) is 18.6 Å². The second-order valence-corrected chi connectivity index (χ2v) is 7.63. The fourth-order valence-electron chi connectivity index (χ4n) is 2.58. The van der Waals surface area contributed by atoms with E-state index in [4.69, 9.17) is 15.9 Å². The normalized spacial score (nSPS) is 12.7. The molecule has 6 N–H and O–H groups in total. The molecule has 0 aliphatic rings. The Morgan fingerprint density at radius 3 is 2.40 bits per heavy atom. The van der Waals surface area contributed by atoms with Gasteiger partial charge < -0.3 is 26.6 Å². The van der Waals surface area contributed by atoms with Crippen LogP contribution in [-0.2, 0) is 19.2 Å². The number of hydrogen-bond acceptors (Lipinski definition) is 6. The van der Waals surface area contributed by atoms with Crippen molar-refractivity contribution in [2.75, 3.05) is 12.3 Å². The molecule has 0 aliphatic heterocycles. The zero-order valence-electron chi connectivity index (χ0n) is 16.0. The number of nitrogens with two attached hydrogens (primary N) is 1. The van der Waals surface area contributed by atoms with Crippen molar-refractivity contribution >= 4 is 46.3 Å². The van der Waals surface area contributed by atoms with Crippen LogP contribution in [0, 0.1) is 0 Å². The van der Waals surface area contributed by atoms with Crippen LogP contribution in [0.25, 0.3) is 10.8 Å². The molecule has 0 saturated heterocycles. The molecule has 0 bridgehead atoms. The first kappa shape index (κ1) is 23.2. The van der Waals surface area contributed by atoms with E-state index in [1.54, 1.807) is 0 Å². The molecule has 0 saturated carbocycles. The number of thioether (sulfide) groups is 1. The Hall–Kier alpha value is -3.11. The first-order valence-electron chi connectivity index (χ1n) is 9.15. The molecule has 0 aromatic heterocycles. The van der Waals surface area contributed by atoms with E-state index in [0.29, 0.717) is 0 Å². The first-order valence-corrected chi connectivity index (χ1v) is 10.1. The Morgan fingerprint density at radius 2 is 1.73 bits per heavy atom. The summed E-state index contributed by atoms with van der Waals surface area (Å²) in [5.41, 5.74) is 5.39. The monoisotopic (exact) mass is 433 g/mol. The van der Waals surface area contributed by atoms with Gasteiger partial charge in [0.15, 0.2) is 0 Å². The predicted molar refractivity (Wildman–Crippen MR) is 112 cm³/mol. The lowest BCUT2D eigenvalue weighted by Crippen LogP contribution is -2.49. The molecule has 2 rings (SSSR count). The maximum atomic E-state index is 12.3. The van der Waals surface area contributed by atoms with Crippen molar-refractivity contribution in [2.24, 2.45) is 5.73 Å². The van der Waals surface area contributed by atoms with Crippen molar-refractivity contribution in [3.05, 3.63) is 42.5 Å². The van der Waals surface area contributed by atoms with Crippen LogP contribution in [0.2, 0.25) is 0 Å². The number of rotatable bonds is 11. The number of fused-ring (bicyclic) bond motifs is 1. The van der Waals surface area contributed by atoms with Gasteiger partial charge in [-0.15, -0.1) is 11.8 Å². The lowest BCUT2D eigenvalue weighted by atomic mass is 10.1. The minimum atomic E-state index is -1.22. The minimum Gasteiger partial charge on any atom is -0.480 e. The van der Waals surface area contributed by atoms with E-state index < -0.39 is 42.4 Å². The summed E-state index contributed by atoms with van der Waals surface area (Å²) >= 11 is 1.34. The summed E-state index contributed by atoms with van der Waals surface area (Å²) in [6.45, 7) is -0.574. The summed E-state index contributed by atoms with van der Waals surface area (Å²) in [5.74, 6) is -3.43. The van der Waals surface area contributed by atoms with Crippen LogP contribution in [0.5, 0.6) is 0 Å². The largest absolute Gasteiger partial charge is 0.480 e. The molecule has 2 aromatic rings.